The number of carbonyl (C=O) groups excluding carboxylic acids is 9. The summed E-state index contributed by atoms with van der Waals surface area (Å²) in [7, 11) is 0. The molecule has 5 aliphatic carbocycles. The van der Waals surface area contributed by atoms with Crippen LogP contribution >= 0.6 is 0 Å². The Hall–Kier alpha value is -8.87. The van der Waals surface area contributed by atoms with E-state index in [-0.39, 0.29) is 166 Å². The second-order valence-corrected chi connectivity index (χ2v) is 34.0. The smallest absolute Gasteiger partial charge is 0.312 e. The molecule has 3 saturated carbocycles. The normalized spacial score (nSPS) is 28.7. The highest BCUT2D eigenvalue weighted by Gasteiger charge is 2.80. The number of fused-ring (bicyclic) bond motifs is 9. The van der Waals surface area contributed by atoms with Crippen molar-refractivity contribution in [3.8, 4) is 11.8 Å². The van der Waals surface area contributed by atoms with Crippen LogP contribution in [-0.2, 0) is 82.8 Å². The minimum absolute atomic E-state index is 0.00176. The SMILES string of the molecule is C=C1C=C[C@@]2(C)C(=C1)[C@@H](F)C[C@H]1[C@@H]3C[C@H]4OC(CCC)O[C@@]4(C(=O)CNC(=O)[C@H](CCCNC(N)=O)NC(=O)[C@@H](NC(=O)[C@@H](CCCCNC(=O)COC4CCCCCC(N[C@@H]5O[C@H](CO)[C@H](O)[C@H](O)[C@H]5O)=C4N)NC(=O)CCOCCOCCOCCOCCNC(=O)CCC(=O)N4Cc5ccccc5C#Cc5ccccc54)C(C)C)[C@@]3(C)C[C@H](O)[C@@]12F. The van der Waals surface area contributed by atoms with Crippen LogP contribution in [0.2, 0.25) is 0 Å². The van der Waals surface area contributed by atoms with Crippen LogP contribution in [0.5, 0.6) is 0 Å². The molecule has 0 aromatic heterocycles. The van der Waals surface area contributed by atoms with Gasteiger partial charge in [-0.15, -0.1) is 0 Å². The van der Waals surface area contributed by atoms with Gasteiger partial charge in [0.1, 0.15) is 55.3 Å². The molecule has 35 heteroatoms. The number of ketones is 1. The minimum atomic E-state index is -2.37. The molecular weight excluding hydrogens is 1610 g/mol. The van der Waals surface area contributed by atoms with Crippen LogP contribution in [-0.4, -0.2) is 262 Å². The number of benzene rings is 2. The number of urea groups is 1. The molecule has 10 rings (SSSR count). The maximum Gasteiger partial charge on any atom is 0.312 e. The molecule has 0 radical (unpaired) electrons. The van der Waals surface area contributed by atoms with Gasteiger partial charge in [-0.2, -0.15) is 0 Å². The molecule has 3 aliphatic heterocycles. The number of ether oxygens (including phenoxy) is 8. The zero-order valence-electron chi connectivity index (χ0n) is 71.7. The third-order valence-electron chi connectivity index (χ3n) is 25.2. The number of aliphatic hydroxyl groups is 5. The summed E-state index contributed by atoms with van der Waals surface area (Å²) in [6, 6.07) is 10.2. The van der Waals surface area contributed by atoms with Gasteiger partial charge >= 0.3 is 6.03 Å². The first-order chi connectivity index (χ1) is 59.4. The fourth-order valence-corrected chi connectivity index (χ4v) is 18.5. The first kappa shape index (κ1) is 97.3. The monoisotopic (exact) mass is 1740 g/mol. The van der Waals surface area contributed by atoms with Crippen molar-refractivity contribution in [2.75, 3.05) is 97.1 Å². The molecule has 17 N–H and O–H groups in total. The van der Waals surface area contributed by atoms with E-state index in [2.05, 4.69) is 61.0 Å². The topological polar surface area (TPSA) is 480 Å². The number of hydrogen-bond acceptors (Lipinski definition) is 24. The standard InChI is InChI=1S/C89H127F2N11O22/c1-7-18-75-123-70-47-58-59-46-61(90)60-45-54(4)31-33-86(60,5)88(59,91)68(104)48-87(58,6)89(70,124-75)69(105)49-97-81(113)63(24-17-35-96-85(93)116)99-83(115)77(53(2)3)101-82(114)64(23-15-16-34-94-73(108)52-121-66-26-10-8-9-22-62(76(66)92)100-84-80(112)79(111)78(110)67(51-103)122-84)98-72(107)32-37-117-39-41-119-43-44-120-42-40-118-38-36-95-71(106)29-30-74(109)102-50-57-21-12-11-19-55(57)27-28-56-20-13-14-25-65(56)102/h11-14,19-21,25,31,33,45,53,58-59,61,63-64,66-68,70,75,77-80,84,100,103-104,110-112H,4,7-10,15-18,22-24,26,29-30,32,34-44,46-52,92H2,1-3,5-6H3,(H,94,108)(H,95,106)(H,97,113)(H,98,107)(H,99,115)(H,101,114)(H3,93,96,116)/t58-,59-,61-,63-,64+,66?,67+,68-,70+,75?,77-,78-,79-,80+,84+,86-,87-,88-,89+/m0/s1. The Balaban J connectivity index is 0.706. The van der Waals surface area contributed by atoms with Crippen molar-refractivity contribution in [2.45, 2.75) is 248 Å². The van der Waals surface area contributed by atoms with E-state index in [1.54, 1.807) is 44.7 Å². The molecule has 9 amide bonds. The summed E-state index contributed by atoms with van der Waals surface area (Å²) in [6.45, 7) is 12.7. The van der Waals surface area contributed by atoms with E-state index < -0.39 is 181 Å². The van der Waals surface area contributed by atoms with Crippen molar-refractivity contribution in [3.05, 3.63) is 113 Å². The molecule has 2 aromatic rings. The summed E-state index contributed by atoms with van der Waals surface area (Å²) >= 11 is 0. The van der Waals surface area contributed by atoms with Gasteiger partial charge in [-0.05, 0) is 131 Å². The minimum Gasteiger partial charge on any atom is -0.399 e. The van der Waals surface area contributed by atoms with E-state index in [1.165, 1.54) is 6.08 Å². The Morgan fingerprint density at radius 1 is 0.710 bits per heavy atom. The molecule has 5 fully saturated rings. The third kappa shape index (κ3) is 23.7. The number of rotatable bonds is 45. The summed E-state index contributed by atoms with van der Waals surface area (Å²) in [5.41, 5.74) is 9.42. The summed E-state index contributed by atoms with van der Waals surface area (Å²) < 4.78 is 82.5. The maximum atomic E-state index is 18.4. The molecule has 0 bridgehead atoms. The first-order valence-electron chi connectivity index (χ1n) is 43.6. The van der Waals surface area contributed by atoms with E-state index >= 15 is 13.6 Å². The lowest BCUT2D eigenvalue weighted by Gasteiger charge is -2.63. The molecule has 33 nitrogen and oxygen atoms in total. The van der Waals surface area contributed by atoms with Gasteiger partial charge in [0.05, 0.1) is 102 Å². The van der Waals surface area contributed by atoms with Crippen molar-refractivity contribution < 1.29 is 115 Å². The first-order valence-corrected chi connectivity index (χ1v) is 43.6. The van der Waals surface area contributed by atoms with Crippen LogP contribution < -0.4 is 58.9 Å². The number of hydrogen-bond donors (Lipinski definition) is 15. The van der Waals surface area contributed by atoms with Gasteiger partial charge in [-0.3, -0.25) is 38.4 Å². The lowest BCUT2D eigenvalue weighted by atomic mass is 9.44. The zero-order valence-corrected chi connectivity index (χ0v) is 71.7. The number of aliphatic hydroxyl groups excluding tert-OH is 5. The van der Waals surface area contributed by atoms with Gasteiger partial charge in [-0.1, -0.05) is 114 Å². The molecule has 2 aromatic carbocycles. The average Bonchev–Trinajstić information content (AvgIpc) is 1.48. The fourth-order valence-electron chi connectivity index (χ4n) is 18.5. The zero-order chi connectivity index (χ0) is 89.5. The van der Waals surface area contributed by atoms with Crippen LogP contribution in [0.15, 0.2) is 95.9 Å². The molecule has 2 unspecified atom stereocenters. The van der Waals surface area contributed by atoms with Crippen molar-refractivity contribution in [1.82, 2.24) is 42.5 Å². The Morgan fingerprint density at radius 2 is 1.38 bits per heavy atom. The number of Topliss-reactive ketones (excluding diaryl/α,β-unsaturated/α-hetero) is 1. The lowest BCUT2D eigenvalue weighted by Crippen LogP contribution is -2.71. The average molecular weight is 1740 g/mol. The van der Waals surface area contributed by atoms with Gasteiger partial charge in [0.25, 0.3) is 0 Å². The number of anilines is 1. The Labute approximate surface area is 722 Å². The predicted molar refractivity (Wildman–Crippen MR) is 449 cm³/mol. The molecule has 0 spiro atoms. The van der Waals surface area contributed by atoms with E-state index in [0.29, 0.717) is 55.6 Å². The fraction of sp³-hybridized carbons (Fsp3) is 0.652. The number of para-hydroxylation sites is 1. The summed E-state index contributed by atoms with van der Waals surface area (Å²) in [5.74, 6) is -0.798. The highest BCUT2D eigenvalue weighted by atomic mass is 19.1. The van der Waals surface area contributed by atoms with Crippen molar-refractivity contribution in [3.63, 3.8) is 0 Å². The van der Waals surface area contributed by atoms with Crippen LogP contribution in [0, 0.1) is 40.4 Å². The predicted octanol–water partition coefficient (Wildman–Crippen LogP) is 2.92. The van der Waals surface area contributed by atoms with Crippen LogP contribution in [0.1, 0.15) is 167 Å². The van der Waals surface area contributed by atoms with Crippen LogP contribution in [0.3, 0.4) is 0 Å². The second kappa shape index (κ2) is 45.5. The van der Waals surface area contributed by atoms with Crippen molar-refractivity contribution in [1.29, 1.82) is 0 Å². The lowest BCUT2D eigenvalue weighted by molar-refractivity contribution is -0.234. The van der Waals surface area contributed by atoms with E-state index in [1.807, 2.05) is 55.5 Å². The summed E-state index contributed by atoms with van der Waals surface area (Å²) in [6.07, 6.45) is -4.57. The van der Waals surface area contributed by atoms with E-state index in [9.17, 15) is 63.9 Å². The number of halogens is 2. The number of primary amides is 1. The number of amides is 9. The Morgan fingerprint density at radius 3 is 2.10 bits per heavy atom. The van der Waals surface area contributed by atoms with E-state index in [0.717, 1.165) is 29.5 Å². The molecular formula is C89H127F2N11O22. The molecule has 684 valence electrons. The number of nitrogens with zero attached hydrogens (tertiary/aromatic N) is 1. The quantitative estimate of drug-likeness (QED) is 0.0335. The summed E-state index contributed by atoms with van der Waals surface area (Å²) in [4.78, 5) is 126. The molecule has 8 aliphatic rings. The number of nitrogens with one attached hydrogen (secondary N) is 8. The van der Waals surface area contributed by atoms with Gasteiger partial charge in [0.2, 0.25) is 41.4 Å². The number of allylic oxidation sites excluding steroid dienone is 6. The van der Waals surface area contributed by atoms with Crippen molar-refractivity contribution >= 4 is 58.9 Å². The van der Waals surface area contributed by atoms with Crippen molar-refractivity contribution in [2.24, 2.45) is 40.1 Å². The van der Waals surface area contributed by atoms with Crippen LogP contribution in [0.4, 0.5) is 19.3 Å². The maximum absolute atomic E-state index is 18.4. The molecule has 124 heavy (non-hydrogen) atoms. The highest BCUT2D eigenvalue weighted by Crippen LogP contribution is 2.72. The molecule has 2 saturated heterocycles. The molecule has 19 atom stereocenters. The van der Waals surface area contributed by atoms with Gasteiger partial charge < -0.3 is 122 Å². The third-order valence-corrected chi connectivity index (χ3v) is 25.2. The Kier molecular flexibility index (Phi) is 35.7. The summed E-state index contributed by atoms with van der Waals surface area (Å²) in [5, 5.41) is 75.5. The van der Waals surface area contributed by atoms with Gasteiger partial charge in [0, 0.05) is 72.5 Å². The van der Waals surface area contributed by atoms with Gasteiger partial charge in [-0.25, -0.2) is 13.6 Å². The van der Waals surface area contributed by atoms with E-state index in [4.69, 9.17) is 49.4 Å². The van der Waals surface area contributed by atoms with Crippen LogP contribution in [0.25, 0.3) is 0 Å². The number of alkyl halides is 2. The second-order valence-electron chi connectivity index (χ2n) is 34.0. The Bertz CT molecular complexity index is 4220. The highest BCUT2D eigenvalue weighted by molar-refractivity contribution is 5.98. The van der Waals surface area contributed by atoms with Gasteiger partial charge in [0.15, 0.2) is 29.6 Å². The number of nitrogens with two attached hydrogens (primary N) is 2. The molecule has 3 heterocycles. The number of carbonyl (C=O) groups is 9. The largest absolute Gasteiger partial charge is 0.399 e. The number of unbranched alkanes of at least 4 members (excludes halogenated alkanes) is 1.